The maximum atomic E-state index is 12.4. The molecule has 0 bridgehead atoms. The third kappa shape index (κ3) is 3.87. The van der Waals surface area contributed by atoms with Gasteiger partial charge >= 0.3 is 6.18 Å². The van der Waals surface area contributed by atoms with Crippen LogP contribution < -0.4 is 5.73 Å². The molecule has 21 heavy (non-hydrogen) atoms. The van der Waals surface area contributed by atoms with Crippen molar-refractivity contribution in [3.63, 3.8) is 0 Å². The van der Waals surface area contributed by atoms with E-state index in [1.807, 2.05) is 0 Å². The first-order valence-electron chi connectivity index (χ1n) is 7.17. The molecule has 0 aromatic heterocycles. The summed E-state index contributed by atoms with van der Waals surface area (Å²) in [6.45, 7) is -0.510. The topological polar surface area (TPSA) is 66.6 Å². The lowest BCUT2D eigenvalue weighted by atomic mass is 9.98. The summed E-state index contributed by atoms with van der Waals surface area (Å²) in [7, 11) is 0. The molecule has 2 amide bonds. The molecule has 2 atom stereocenters. The second kappa shape index (κ2) is 6.21. The van der Waals surface area contributed by atoms with Crippen molar-refractivity contribution in [2.75, 3.05) is 26.2 Å². The number of carbonyl (C=O) groups excluding carboxylic acids is 2. The highest BCUT2D eigenvalue weighted by molar-refractivity contribution is 5.89. The number of halogens is 3. The highest BCUT2D eigenvalue weighted by Gasteiger charge is 2.42. The first kappa shape index (κ1) is 16.1. The van der Waals surface area contributed by atoms with Crippen LogP contribution >= 0.6 is 0 Å². The molecule has 2 aliphatic heterocycles. The number of hydrogen-bond acceptors (Lipinski definition) is 3. The zero-order valence-corrected chi connectivity index (χ0v) is 11.7. The van der Waals surface area contributed by atoms with E-state index in [4.69, 9.17) is 5.73 Å². The number of likely N-dealkylation sites (tertiary alicyclic amines) is 2. The van der Waals surface area contributed by atoms with Crippen LogP contribution in [0.3, 0.4) is 0 Å². The summed E-state index contributed by atoms with van der Waals surface area (Å²) in [5.74, 6) is -1.51. The molecular weight excluding hydrogens is 287 g/mol. The SMILES string of the molecule is NC[C@H]1CCCCN1C(=O)[C@H]1CC(=O)N(CC(F)(F)F)C1. The molecule has 5 nitrogen and oxygen atoms in total. The summed E-state index contributed by atoms with van der Waals surface area (Å²) in [6, 6.07) is -0.0574. The molecule has 2 saturated heterocycles. The van der Waals surface area contributed by atoms with Gasteiger partial charge in [-0.05, 0) is 19.3 Å². The van der Waals surface area contributed by atoms with Crippen LogP contribution in [-0.2, 0) is 9.59 Å². The first-order chi connectivity index (χ1) is 9.81. The zero-order chi connectivity index (χ0) is 15.6. The monoisotopic (exact) mass is 307 g/mol. The van der Waals surface area contributed by atoms with Gasteiger partial charge < -0.3 is 15.5 Å². The molecule has 2 fully saturated rings. The fourth-order valence-electron chi connectivity index (χ4n) is 3.08. The average Bonchev–Trinajstić information content (AvgIpc) is 2.77. The van der Waals surface area contributed by atoms with Crippen molar-refractivity contribution in [2.45, 2.75) is 37.9 Å². The maximum Gasteiger partial charge on any atom is 0.406 e. The van der Waals surface area contributed by atoms with Crippen molar-refractivity contribution in [1.82, 2.24) is 9.80 Å². The second-order valence-corrected chi connectivity index (χ2v) is 5.71. The average molecular weight is 307 g/mol. The maximum absolute atomic E-state index is 12.4. The van der Waals surface area contributed by atoms with Gasteiger partial charge in [0.15, 0.2) is 0 Å². The Balaban J connectivity index is 1.99. The summed E-state index contributed by atoms with van der Waals surface area (Å²) in [5.41, 5.74) is 5.65. The van der Waals surface area contributed by atoms with Gasteiger partial charge in [0.2, 0.25) is 11.8 Å². The molecule has 0 aromatic rings. The van der Waals surface area contributed by atoms with Crippen LogP contribution in [0.1, 0.15) is 25.7 Å². The van der Waals surface area contributed by atoms with Crippen LogP contribution in [0.2, 0.25) is 0 Å². The Kier molecular flexibility index (Phi) is 4.75. The molecule has 8 heteroatoms. The van der Waals surface area contributed by atoms with Crippen molar-refractivity contribution in [1.29, 1.82) is 0 Å². The van der Waals surface area contributed by atoms with Crippen molar-refractivity contribution in [3.8, 4) is 0 Å². The molecular formula is C13H20F3N3O2. The molecule has 120 valence electrons. The summed E-state index contributed by atoms with van der Waals surface area (Å²) >= 11 is 0. The Bertz CT molecular complexity index is 414. The van der Waals surface area contributed by atoms with E-state index >= 15 is 0 Å². The fraction of sp³-hybridized carbons (Fsp3) is 0.846. The molecule has 0 aromatic carbocycles. The Morgan fingerprint density at radius 1 is 1.33 bits per heavy atom. The minimum atomic E-state index is -4.43. The molecule has 0 aliphatic carbocycles. The van der Waals surface area contributed by atoms with Crippen molar-refractivity contribution < 1.29 is 22.8 Å². The van der Waals surface area contributed by atoms with E-state index in [-0.39, 0.29) is 24.9 Å². The Labute approximate surface area is 121 Å². The molecule has 0 unspecified atom stereocenters. The van der Waals surface area contributed by atoms with Gasteiger partial charge in [-0.3, -0.25) is 9.59 Å². The number of piperidine rings is 1. The van der Waals surface area contributed by atoms with Gasteiger partial charge in [-0.2, -0.15) is 13.2 Å². The highest BCUT2D eigenvalue weighted by Crippen LogP contribution is 2.27. The Morgan fingerprint density at radius 3 is 2.67 bits per heavy atom. The predicted octanol–water partition coefficient (Wildman–Crippen LogP) is 0.737. The number of amides is 2. The van der Waals surface area contributed by atoms with Crippen LogP contribution in [0.25, 0.3) is 0 Å². The summed E-state index contributed by atoms with van der Waals surface area (Å²) < 4.78 is 37.1. The van der Waals surface area contributed by atoms with Gasteiger partial charge in [0.05, 0.1) is 5.92 Å². The normalized spacial score (nSPS) is 27.3. The standard InChI is InChI=1S/C13H20F3N3O2/c14-13(15,16)8-18-7-9(5-11(18)20)12(21)19-4-2-1-3-10(19)6-17/h9-10H,1-8,17H2/t9-,10+/m0/s1. The Morgan fingerprint density at radius 2 is 2.05 bits per heavy atom. The molecule has 2 N–H and O–H groups in total. The van der Waals surface area contributed by atoms with Crippen LogP contribution in [-0.4, -0.2) is 60.0 Å². The Hall–Kier alpha value is -1.31. The molecule has 0 saturated carbocycles. The zero-order valence-electron chi connectivity index (χ0n) is 11.7. The van der Waals surface area contributed by atoms with E-state index in [9.17, 15) is 22.8 Å². The van der Waals surface area contributed by atoms with Gasteiger partial charge in [0.25, 0.3) is 0 Å². The van der Waals surface area contributed by atoms with Gasteiger partial charge in [-0.1, -0.05) is 0 Å². The van der Waals surface area contributed by atoms with E-state index < -0.39 is 24.5 Å². The van der Waals surface area contributed by atoms with Gasteiger partial charge in [0.1, 0.15) is 6.54 Å². The van der Waals surface area contributed by atoms with Crippen molar-refractivity contribution >= 4 is 11.8 Å². The number of rotatable bonds is 3. The van der Waals surface area contributed by atoms with Gasteiger partial charge in [-0.25, -0.2) is 0 Å². The van der Waals surface area contributed by atoms with E-state index in [0.29, 0.717) is 13.1 Å². The molecule has 0 radical (unpaired) electrons. The lowest BCUT2D eigenvalue weighted by Gasteiger charge is -2.36. The molecule has 2 aliphatic rings. The van der Waals surface area contributed by atoms with E-state index in [1.165, 1.54) is 0 Å². The van der Waals surface area contributed by atoms with Crippen molar-refractivity contribution in [2.24, 2.45) is 11.7 Å². The number of nitrogens with two attached hydrogens (primary N) is 1. The van der Waals surface area contributed by atoms with Crippen LogP contribution in [0, 0.1) is 5.92 Å². The third-order valence-corrected chi connectivity index (χ3v) is 4.12. The number of carbonyl (C=O) groups is 2. The van der Waals surface area contributed by atoms with Gasteiger partial charge in [-0.15, -0.1) is 0 Å². The number of alkyl halides is 3. The van der Waals surface area contributed by atoms with E-state index in [1.54, 1.807) is 4.90 Å². The summed E-state index contributed by atoms with van der Waals surface area (Å²) in [6.07, 6.45) is -1.89. The molecule has 2 rings (SSSR count). The minimum Gasteiger partial charge on any atom is -0.338 e. The minimum absolute atomic E-state index is 0.0574. The summed E-state index contributed by atoms with van der Waals surface area (Å²) in [4.78, 5) is 26.4. The third-order valence-electron chi connectivity index (χ3n) is 4.12. The fourth-order valence-corrected chi connectivity index (χ4v) is 3.08. The first-order valence-corrected chi connectivity index (χ1v) is 7.17. The summed E-state index contributed by atoms with van der Waals surface area (Å²) in [5, 5.41) is 0. The highest BCUT2D eigenvalue weighted by atomic mass is 19.4. The lowest BCUT2D eigenvalue weighted by Crippen LogP contribution is -2.50. The van der Waals surface area contributed by atoms with Crippen molar-refractivity contribution in [3.05, 3.63) is 0 Å². The van der Waals surface area contributed by atoms with Crippen LogP contribution in [0.5, 0.6) is 0 Å². The van der Waals surface area contributed by atoms with E-state index in [0.717, 1.165) is 24.2 Å². The number of nitrogens with zero attached hydrogens (tertiary/aromatic N) is 2. The molecule has 2 heterocycles. The molecule has 0 spiro atoms. The second-order valence-electron chi connectivity index (χ2n) is 5.71. The van der Waals surface area contributed by atoms with Gasteiger partial charge in [0, 0.05) is 32.1 Å². The largest absolute Gasteiger partial charge is 0.406 e. The quantitative estimate of drug-likeness (QED) is 0.836. The van der Waals surface area contributed by atoms with Crippen LogP contribution in [0.4, 0.5) is 13.2 Å². The smallest absolute Gasteiger partial charge is 0.338 e. The van der Waals surface area contributed by atoms with Crippen LogP contribution in [0.15, 0.2) is 0 Å². The predicted molar refractivity (Wildman–Crippen MR) is 69.1 cm³/mol. The lowest BCUT2D eigenvalue weighted by molar-refractivity contribution is -0.157. The van der Waals surface area contributed by atoms with E-state index in [2.05, 4.69) is 0 Å². The number of hydrogen-bond donors (Lipinski definition) is 1.